The van der Waals surface area contributed by atoms with Crippen molar-refractivity contribution >= 4 is 62.7 Å². The van der Waals surface area contributed by atoms with Crippen LogP contribution in [0.1, 0.15) is 19.3 Å². The van der Waals surface area contributed by atoms with Crippen molar-refractivity contribution in [1.29, 1.82) is 0 Å². The van der Waals surface area contributed by atoms with Gasteiger partial charge in [-0.05, 0) is 54.0 Å². The van der Waals surface area contributed by atoms with Gasteiger partial charge in [-0.2, -0.15) is 0 Å². The lowest BCUT2D eigenvalue weighted by atomic mass is 9.75. The second-order valence-electron chi connectivity index (χ2n) is 8.91. The summed E-state index contributed by atoms with van der Waals surface area (Å²) in [5, 5.41) is 1.31. The lowest BCUT2D eigenvalue weighted by Gasteiger charge is -2.41. The van der Waals surface area contributed by atoms with Crippen LogP contribution in [0.5, 0.6) is 0 Å². The number of aryl methyl sites for hydroxylation is 1. The highest BCUT2D eigenvalue weighted by atomic mass is 127. The van der Waals surface area contributed by atoms with Gasteiger partial charge < -0.3 is 15.4 Å². The van der Waals surface area contributed by atoms with Crippen LogP contribution in [0.15, 0.2) is 45.6 Å². The first kappa shape index (κ1) is 25.1. The summed E-state index contributed by atoms with van der Waals surface area (Å²) in [5.74, 6) is 0.826. The molecule has 1 aromatic carbocycles. The Kier molecular flexibility index (Phi) is 7.50. The molecule has 1 spiro atoms. The molecule has 0 unspecified atom stereocenters. The molecule has 186 valence electrons. The molecule has 2 aliphatic rings. The highest BCUT2D eigenvalue weighted by Gasteiger charge is 2.48. The number of anilines is 1. The number of hydrogen-bond donors (Lipinski definition) is 1. The van der Waals surface area contributed by atoms with Gasteiger partial charge in [0.1, 0.15) is 15.0 Å². The van der Waals surface area contributed by atoms with Crippen molar-refractivity contribution in [3.05, 3.63) is 46.2 Å². The van der Waals surface area contributed by atoms with Crippen LogP contribution in [0.4, 0.5) is 10.2 Å². The highest BCUT2D eigenvalue weighted by Crippen LogP contribution is 2.43. The smallest absolute Gasteiger partial charge is 0.262 e. The number of piperidine rings is 1. The Morgan fingerprint density at radius 3 is 2.71 bits per heavy atom. The largest absolute Gasteiger partial charge is 0.366 e. The number of alkyl halides is 2. The molecular formula is C23H25ClFIN6O2S. The Morgan fingerprint density at radius 2 is 2.06 bits per heavy atom. The molecule has 5 rings (SSSR count). The maximum absolute atomic E-state index is 12.9. The summed E-state index contributed by atoms with van der Waals surface area (Å²) in [6.45, 7) is 2.20. The minimum Gasteiger partial charge on any atom is -0.366 e. The van der Waals surface area contributed by atoms with Crippen LogP contribution in [0.3, 0.4) is 0 Å². The van der Waals surface area contributed by atoms with Crippen molar-refractivity contribution in [3.63, 3.8) is 0 Å². The van der Waals surface area contributed by atoms with Crippen molar-refractivity contribution in [2.24, 2.45) is 11.1 Å². The molecule has 35 heavy (non-hydrogen) atoms. The number of nitrogens with zero attached hydrogens (tertiary/aromatic N) is 5. The third-order valence-electron chi connectivity index (χ3n) is 6.86. The van der Waals surface area contributed by atoms with E-state index in [1.807, 2.05) is 6.07 Å². The van der Waals surface area contributed by atoms with Gasteiger partial charge in [-0.3, -0.25) is 13.8 Å². The second kappa shape index (κ2) is 10.4. The summed E-state index contributed by atoms with van der Waals surface area (Å²) in [6.07, 6.45) is 7.11. The minimum absolute atomic E-state index is 0.0533. The zero-order valence-electron chi connectivity index (χ0n) is 18.9. The fraction of sp³-hybridized carbons (Fsp3) is 0.478. The van der Waals surface area contributed by atoms with E-state index < -0.39 is 6.67 Å². The van der Waals surface area contributed by atoms with E-state index in [-0.39, 0.29) is 34.1 Å². The number of halogens is 3. The number of rotatable bonds is 6. The molecular weight excluding hydrogens is 606 g/mol. The predicted octanol–water partition coefficient (Wildman–Crippen LogP) is 4.06. The van der Waals surface area contributed by atoms with E-state index in [9.17, 15) is 9.18 Å². The highest BCUT2D eigenvalue weighted by molar-refractivity contribution is 14.1. The first-order chi connectivity index (χ1) is 16.9. The van der Waals surface area contributed by atoms with E-state index in [2.05, 4.69) is 42.4 Å². The topological polar surface area (TPSA) is 99.2 Å². The van der Waals surface area contributed by atoms with Gasteiger partial charge in [-0.25, -0.2) is 15.0 Å². The van der Waals surface area contributed by atoms with Crippen LogP contribution < -0.4 is 16.2 Å². The normalized spacial score (nSPS) is 21.8. The molecule has 0 amide bonds. The van der Waals surface area contributed by atoms with E-state index in [0.717, 1.165) is 38.4 Å². The summed E-state index contributed by atoms with van der Waals surface area (Å²) < 4.78 is 19.8. The van der Waals surface area contributed by atoms with Crippen molar-refractivity contribution in [1.82, 2.24) is 19.5 Å². The molecule has 12 heteroatoms. The van der Waals surface area contributed by atoms with Gasteiger partial charge in [0.25, 0.3) is 5.56 Å². The quantitative estimate of drug-likeness (QED) is 0.322. The Hall–Kier alpha value is -1.54. The fourth-order valence-electron chi connectivity index (χ4n) is 4.67. The molecule has 2 saturated heterocycles. The molecule has 2 N–H and O–H groups in total. The average molecular weight is 631 g/mol. The van der Waals surface area contributed by atoms with Crippen LogP contribution >= 0.6 is 46.0 Å². The third kappa shape index (κ3) is 4.89. The van der Waals surface area contributed by atoms with Gasteiger partial charge in [-0.1, -0.05) is 23.4 Å². The zero-order chi connectivity index (χ0) is 24.6. The summed E-state index contributed by atoms with van der Waals surface area (Å²) >= 11 is 10.2. The first-order valence-corrected chi connectivity index (χ1v) is 13.9. The molecule has 0 bridgehead atoms. The third-order valence-corrected chi connectivity index (χ3v) is 9.48. The standard InChI is InChI=1S/C23H25ClFIN6O2S/c24-19-15(3-2-14-18(19)22(33)32(13-30-14)7-1-6-25)35-17-11-28-16(10-29-17)31-8-4-23(5-9-31)12-34-21(26)20(23)27/h2-3,10-11,13,20-21H,1,4-9,12,27H2/t20-,21-/m1/s1. The minimum atomic E-state index is -0.498. The number of aromatic nitrogens is 4. The molecule has 4 heterocycles. The number of hydrogen-bond acceptors (Lipinski definition) is 8. The lowest BCUT2D eigenvalue weighted by Crippen LogP contribution is -2.50. The average Bonchev–Trinajstić information content (AvgIpc) is 3.14. The van der Waals surface area contributed by atoms with Gasteiger partial charge in [-0.15, -0.1) is 0 Å². The molecule has 2 fully saturated rings. The Labute approximate surface area is 224 Å². The Balaban J connectivity index is 1.30. The summed E-state index contributed by atoms with van der Waals surface area (Å²) in [6, 6.07) is 3.64. The van der Waals surface area contributed by atoms with Crippen molar-refractivity contribution in [3.8, 4) is 0 Å². The van der Waals surface area contributed by atoms with Crippen LogP contribution in [0.2, 0.25) is 5.02 Å². The van der Waals surface area contributed by atoms with Crippen molar-refractivity contribution in [2.45, 2.75) is 45.9 Å². The lowest BCUT2D eigenvalue weighted by molar-refractivity contribution is 0.127. The van der Waals surface area contributed by atoms with Crippen molar-refractivity contribution in [2.75, 3.05) is 31.3 Å². The molecule has 8 nitrogen and oxygen atoms in total. The Morgan fingerprint density at radius 1 is 1.26 bits per heavy atom. The van der Waals surface area contributed by atoms with Crippen LogP contribution in [0.25, 0.3) is 10.9 Å². The predicted molar refractivity (Wildman–Crippen MR) is 143 cm³/mol. The molecule has 0 aliphatic carbocycles. The summed E-state index contributed by atoms with van der Waals surface area (Å²) in [4.78, 5) is 29.3. The Bertz CT molecular complexity index is 1270. The second-order valence-corrected chi connectivity index (χ2v) is 11.6. The van der Waals surface area contributed by atoms with Crippen LogP contribution in [0, 0.1) is 5.41 Å². The summed E-state index contributed by atoms with van der Waals surface area (Å²) in [5.41, 5.74) is 6.70. The summed E-state index contributed by atoms with van der Waals surface area (Å²) in [7, 11) is 0. The zero-order valence-corrected chi connectivity index (χ0v) is 22.6. The number of nitrogens with two attached hydrogens (primary N) is 1. The maximum Gasteiger partial charge on any atom is 0.262 e. The molecule has 0 radical (unpaired) electrons. The SMILES string of the molecule is N[C@@H]1[C@H](I)OCC12CCN(c1cnc(Sc3ccc4ncn(CCCF)c(=O)c4c3Cl)cn1)CC2. The molecule has 2 aliphatic heterocycles. The van der Waals surface area contributed by atoms with Crippen LogP contribution in [-0.2, 0) is 11.3 Å². The molecule has 2 aromatic heterocycles. The van der Waals surface area contributed by atoms with Gasteiger partial charge >= 0.3 is 0 Å². The first-order valence-electron chi connectivity index (χ1n) is 11.4. The van der Waals surface area contributed by atoms with E-state index >= 15 is 0 Å². The monoisotopic (exact) mass is 630 g/mol. The van der Waals surface area contributed by atoms with E-state index in [0.29, 0.717) is 25.8 Å². The van der Waals surface area contributed by atoms with Gasteiger partial charge in [0, 0.05) is 36.0 Å². The molecule has 0 saturated carbocycles. The van der Waals surface area contributed by atoms with Gasteiger partial charge in [0.05, 0.1) is 47.9 Å². The molecule has 3 aromatic rings. The van der Waals surface area contributed by atoms with E-state index in [1.165, 1.54) is 22.7 Å². The van der Waals surface area contributed by atoms with Gasteiger partial charge in [0.2, 0.25) is 0 Å². The maximum atomic E-state index is 12.9. The van der Waals surface area contributed by atoms with Crippen molar-refractivity contribution < 1.29 is 9.13 Å². The van der Waals surface area contributed by atoms with E-state index in [4.69, 9.17) is 22.1 Å². The number of benzene rings is 1. The number of fused-ring (bicyclic) bond motifs is 1. The fourth-order valence-corrected chi connectivity index (χ4v) is 6.74. The van der Waals surface area contributed by atoms with Gasteiger partial charge in [0.15, 0.2) is 0 Å². The number of ether oxygens (including phenoxy) is 1. The van der Waals surface area contributed by atoms with E-state index in [1.54, 1.807) is 18.5 Å². The molecule has 2 atom stereocenters. The van der Waals surface area contributed by atoms with Crippen LogP contribution in [-0.4, -0.2) is 56.0 Å².